The summed E-state index contributed by atoms with van der Waals surface area (Å²) in [6.07, 6.45) is 1.60. The summed E-state index contributed by atoms with van der Waals surface area (Å²) in [6.45, 7) is 0. The Morgan fingerprint density at radius 1 is 0.882 bits per heavy atom. The second kappa shape index (κ2) is 7.90. The molecule has 1 fully saturated rings. The molecule has 1 saturated heterocycles. The molecule has 164 valence electrons. The zero-order valence-corrected chi connectivity index (χ0v) is 18.6. The number of pyridine rings is 1. The van der Waals surface area contributed by atoms with Gasteiger partial charge in [-0.3, -0.25) is 19.5 Å². The van der Waals surface area contributed by atoms with Crippen LogP contribution in [0.2, 0.25) is 0 Å². The van der Waals surface area contributed by atoms with Crippen LogP contribution < -0.4 is 4.90 Å². The molecular weight excluding hydrogens is 446 g/mol. The lowest BCUT2D eigenvalue weighted by molar-refractivity contribution is -0.132. The van der Waals surface area contributed by atoms with Crippen molar-refractivity contribution in [2.75, 3.05) is 4.90 Å². The predicted octanol–water partition coefficient (Wildman–Crippen LogP) is 5.47. The maximum Gasteiger partial charge on any atom is 0.301 e. The summed E-state index contributed by atoms with van der Waals surface area (Å²) >= 11 is 1.32. The Morgan fingerprint density at radius 3 is 2.44 bits per heavy atom. The van der Waals surface area contributed by atoms with Crippen molar-refractivity contribution in [2.45, 2.75) is 6.04 Å². The molecule has 6 nitrogen and oxygen atoms in total. The number of amides is 1. The van der Waals surface area contributed by atoms with Crippen molar-refractivity contribution < 1.29 is 14.7 Å². The van der Waals surface area contributed by atoms with Gasteiger partial charge >= 0.3 is 5.91 Å². The molecule has 1 N–H and O–H groups in total. The summed E-state index contributed by atoms with van der Waals surface area (Å²) in [7, 11) is 0. The van der Waals surface area contributed by atoms with Crippen LogP contribution in [0.5, 0.6) is 0 Å². The van der Waals surface area contributed by atoms with E-state index in [1.807, 2.05) is 60.7 Å². The van der Waals surface area contributed by atoms with Crippen LogP contribution in [0.1, 0.15) is 17.3 Å². The molecule has 3 heterocycles. The molecule has 1 aliphatic heterocycles. The minimum absolute atomic E-state index is 0.00163. The third-order valence-electron chi connectivity index (χ3n) is 5.92. The third kappa shape index (κ3) is 3.17. The third-order valence-corrected chi connectivity index (χ3v) is 6.96. The lowest BCUT2D eigenvalue weighted by Gasteiger charge is -2.22. The standard InChI is InChI=1S/C27H17N3O3S/c31-24(18-13-12-16-7-1-2-8-17(16)15-18)22-23(20-10-5-6-14-28-20)30(26(33)25(22)32)27-29-19-9-3-4-11-21(19)34-27/h1-15,23,31H/b24-22+. The van der Waals surface area contributed by atoms with Gasteiger partial charge in [0, 0.05) is 11.8 Å². The fourth-order valence-electron chi connectivity index (χ4n) is 4.30. The molecule has 3 aromatic carbocycles. The number of Topliss-reactive ketones (excluding diaryl/α,β-unsaturated/α-hetero) is 1. The quantitative estimate of drug-likeness (QED) is 0.218. The van der Waals surface area contributed by atoms with E-state index >= 15 is 0 Å². The number of fused-ring (bicyclic) bond motifs is 2. The first-order chi connectivity index (χ1) is 16.6. The van der Waals surface area contributed by atoms with Crippen molar-refractivity contribution in [3.63, 3.8) is 0 Å². The average Bonchev–Trinajstić information content (AvgIpc) is 3.42. The van der Waals surface area contributed by atoms with Gasteiger partial charge in [-0.15, -0.1) is 0 Å². The van der Waals surface area contributed by atoms with E-state index in [0.717, 1.165) is 21.0 Å². The van der Waals surface area contributed by atoms with Gasteiger partial charge in [0.15, 0.2) is 5.13 Å². The van der Waals surface area contributed by atoms with Gasteiger partial charge in [-0.05, 0) is 41.1 Å². The number of carbonyl (C=O) groups excluding carboxylic acids is 2. The molecule has 5 aromatic rings. The number of nitrogens with zero attached hydrogens (tertiary/aromatic N) is 3. The Morgan fingerprint density at radius 2 is 1.65 bits per heavy atom. The molecular formula is C27H17N3O3S. The number of rotatable bonds is 3. The van der Waals surface area contributed by atoms with Crippen molar-refractivity contribution in [2.24, 2.45) is 0 Å². The Labute approximate surface area is 198 Å². The van der Waals surface area contributed by atoms with Crippen molar-refractivity contribution in [1.82, 2.24) is 9.97 Å². The van der Waals surface area contributed by atoms with Crippen molar-refractivity contribution in [3.8, 4) is 0 Å². The number of hydrogen-bond donors (Lipinski definition) is 1. The highest BCUT2D eigenvalue weighted by atomic mass is 32.1. The van der Waals surface area contributed by atoms with Gasteiger partial charge < -0.3 is 5.11 Å². The fraction of sp³-hybridized carbons (Fsp3) is 0.0370. The fourth-order valence-corrected chi connectivity index (χ4v) is 5.29. The van der Waals surface area contributed by atoms with Gasteiger partial charge in [-0.25, -0.2) is 4.98 Å². The number of aliphatic hydroxyl groups is 1. The van der Waals surface area contributed by atoms with Crippen LogP contribution in [0.15, 0.2) is 96.7 Å². The first-order valence-corrected chi connectivity index (χ1v) is 11.5. The predicted molar refractivity (Wildman–Crippen MR) is 133 cm³/mol. The smallest absolute Gasteiger partial charge is 0.301 e. The topological polar surface area (TPSA) is 83.4 Å². The summed E-state index contributed by atoms with van der Waals surface area (Å²) in [5.41, 5.74) is 1.67. The highest BCUT2D eigenvalue weighted by molar-refractivity contribution is 7.22. The number of thiazole rings is 1. The SMILES string of the molecule is O=C1C(=O)N(c2nc3ccccc3s2)C(c2ccccn2)/C1=C(\O)c1ccc2ccccc2c1. The summed E-state index contributed by atoms with van der Waals surface area (Å²) in [6, 6.07) is 25.1. The highest BCUT2D eigenvalue weighted by Crippen LogP contribution is 2.43. The molecule has 1 atom stereocenters. The molecule has 2 aromatic heterocycles. The normalized spacial score (nSPS) is 17.6. The van der Waals surface area contributed by atoms with E-state index in [1.165, 1.54) is 16.2 Å². The lowest BCUT2D eigenvalue weighted by Crippen LogP contribution is -2.29. The molecule has 0 bridgehead atoms. The molecule has 0 saturated carbocycles. The molecule has 6 rings (SSSR count). The highest BCUT2D eigenvalue weighted by Gasteiger charge is 2.48. The number of benzene rings is 3. The lowest BCUT2D eigenvalue weighted by atomic mass is 9.97. The molecule has 0 radical (unpaired) electrons. The summed E-state index contributed by atoms with van der Waals surface area (Å²) < 4.78 is 0.897. The molecule has 34 heavy (non-hydrogen) atoms. The number of carbonyl (C=O) groups is 2. The Hall–Kier alpha value is -4.36. The molecule has 0 aliphatic carbocycles. The number of aliphatic hydroxyl groups excluding tert-OH is 1. The minimum Gasteiger partial charge on any atom is -0.507 e. The van der Waals surface area contributed by atoms with Crippen LogP contribution in [0, 0.1) is 0 Å². The van der Waals surface area contributed by atoms with Gasteiger partial charge in [0.05, 0.1) is 21.5 Å². The first kappa shape index (κ1) is 20.3. The molecule has 0 spiro atoms. The number of anilines is 1. The maximum atomic E-state index is 13.3. The van der Waals surface area contributed by atoms with E-state index in [0.29, 0.717) is 16.4 Å². The summed E-state index contributed by atoms with van der Waals surface area (Å²) in [4.78, 5) is 37.0. The van der Waals surface area contributed by atoms with Crippen LogP contribution in [-0.4, -0.2) is 26.8 Å². The van der Waals surface area contributed by atoms with Gasteiger partial charge in [0.2, 0.25) is 0 Å². The van der Waals surface area contributed by atoms with Crippen molar-refractivity contribution in [1.29, 1.82) is 0 Å². The monoisotopic (exact) mass is 463 g/mol. The molecule has 1 unspecified atom stereocenters. The average molecular weight is 464 g/mol. The number of para-hydroxylation sites is 1. The second-order valence-corrected chi connectivity index (χ2v) is 8.96. The molecule has 1 amide bonds. The molecule has 1 aliphatic rings. The van der Waals surface area contributed by atoms with E-state index in [-0.39, 0.29) is 11.3 Å². The van der Waals surface area contributed by atoms with Gasteiger partial charge in [0.1, 0.15) is 11.8 Å². The minimum atomic E-state index is -0.895. The zero-order valence-electron chi connectivity index (χ0n) is 17.8. The maximum absolute atomic E-state index is 13.3. The number of ketones is 1. The van der Waals surface area contributed by atoms with Crippen LogP contribution in [0.4, 0.5) is 5.13 Å². The summed E-state index contributed by atoms with van der Waals surface area (Å²) in [5.74, 6) is -1.74. The second-order valence-electron chi connectivity index (χ2n) is 7.95. The van der Waals surface area contributed by atoms with Crippen LogP contribution in [0.25, 0.3) is 26.7 Å². The van der Waals surface area contributed by atoms with Crippen molar-refractivity contribution >= 4 is 54.9 Å². The van der Waals surface area contributed by atoms with Crippen LogP contribution in [-0.2, 0) is 9.59 Å². The van der Waals surface area contributed by atoms with E-state index in [4.69, 9.17) is 0 Å². The number of aromatic nitrogens is 2. The van der Waals surface area contributed by atoms with Crippen LogP contribution >= 0.6 is 11.3 Å². The van der Waals surface area contributed by atoms with Gasteiger partial charge in [-0.1, -0.05) is 65.9 Å². The first-order valence-electron chi connectivity index (χ1n) is 10.7. The van der Waals surface area contributed by atoms with Crippen LogP contribution in [0.3, 0.4) is 0 Å². The van der Waals surface area contributed by atoms with Crippen molar-refractivity contribution in [3.05, 3.63) is 108 Å². The summed E-state index contributed by atoms with van der Waals surface area (Å²) in [5, 5.41) is 13.7. The van der Waals surface area contributed by atoms with E-state index in [2.05, 4.69) is 9.97 Å². The zero-order chi connectivity index (χ0) is 23.2. The Balaban J connectivity index is 1.57. The van der Waals surface area contributed by atoms with E-state index < -0.39 is 17.7 Å². The Kier molecular flexibility index (Phi) is 4.71. The van der Waals surface area contributed by atoms with E-state index in [1.54, 1.807) is 30.5 Å². The number of hydrogen-bond acceptors (Lipinski definition) is 6. The van der Waals surface area contributed by atoms with E-state index in [9.17, 15) is 14.7 Å². The Bertz CT molecular complexity index is 1590. The van der Waals surface area contributed by atoms with Gasteiger partial charge in [0.25, 0.3) is 5.78 Å². The molecule has 7 heteroatoms. The largest absolute Gasteiger partial charge is 0.507 e. The van der Waals surface area contributed by atoms with Gasteiger partial charge in [-0.2, -0.15) is 0 Å².